The Balaban J connectivity index is 2.36. The van der Waals surface area contributed by atoms with Crippen LogP contribution in [0.2, 0.25) is 0 Å². The van der Waals surface area contributed by atoms with Crippen LogP contribution < -0.4 is 5.32 Å². The van der Waals surface area contributed by atoms with Crippen LogP contribution in [0, 0.1) is 17.1 Å². The van der Waals surface area contributed by atoms with E-state index in [9.17, 15) is 9.65 Å². The van der Waals surface area contributed by atoms with Gasteiger partial charge in [0.05, 0.1) is 6.07 Å². The van der Waals surface area contributed by atoms with Gasteiger partial charge in [-0.25, -0.2) is 4.39 Å². The van der Waals surface area contributed by atoms with Crippen molar-refractivity contribution in [1.82, 2.24) is 5.32 Å². The highest BCUT2D eigenvalue weighted by Crippen LogP contribution is 2.22. The smallest absolute Gasteiger partial charge is 0.124 e. The number of hydrogen-bond donors (Lipinski definition) is 1. The molecule has 0 saturated carbocycles. The molecule has 0 aromatic heterocycles. The molecule has 19 heavy (non-hydrogen) atoms. The number of halogens is 1. The number of rotatable bonds is 7. The van der Waals surface area contributed by atoms with Gasteiger partial charge in [-0.05, 0) is 57.6 Å². The molecule has 0 heterocycles. The maximum absolute atomic E-state index is 13.0. The fourth-order valence-electron chi connectivity index (χ4n) is 1.97. The molecule has 0 radical (unpaired) electrons. The molecule has 4 heteroatoms. The van der Waals surface area contributed by atoms with Gasteiger partial charge < -0.3 is 0 Å². The number of nitrogens with one attached hydrogen (secondary N) is 1. The van der Waals surface area contributed by atoms with Gasteiger partial charge in [0.25, 0.3) is 0 Å². The predicted octanol–water partition coefficient (Wildman–Crippen LogP) is 3.98. The second kappa shape index (κ2) is 7.52. The first-order valence-corrected chi connectivity index (χ1v) is 7.51. The van der Waals surface area contributed by atoms with E-state index in [1.807, 2.05) is 26.8 Å². The van der Waals surface area contributed by atoms with E-state index in [1.165, 1.54) is 6.07 Å². The molecule has 1 atom stereocenters. The lowest BCUT2D eigenvalue weighted by Gasteiger charge is -2.25. The molecule has 1 unspecified atom stereocenters. The Kier molecular flexibility index (Phi) is 6.33. The van der Waals surface area contributed by atoms with Crippen LogP contribution in [-0.4, -0.2) is 17.3 Å². The third-order valence-corrected chi connectivity index (χ3v) is 3.82. The van der Waals surface area contributed by atoms with E-state index in [0.717, 1.165) is 23.5 Å². The Morgan fingerprint density at radius 3 is 2.79 bits per heavy atom. The van der Waals surface area contributed by atoms with Crippen molar-refractivity contribution < 1.29 is 4.39 Å². The van der Waals surface area contributed by atoms with Crippen LogP contribution in [0.4, 0.5) is 4.39 Å². The number of thioether (sulfide) groups is 1. The van der Waals surface area contributed by atoms with Crippen molar-refractivity contribution in [1.29, 1.82) is 5.26 Å². The molecule has 2 nitrogen and oxygen atoms in total. The average molecular weight is 280 g/mol. The van der Waals surface area contributed by atoms with Crippen LogP contribution in [0.1, 0.15) is 33.6 Å². The topological polar surface area (TPSA) is 35.8 Å². The fourth-order valence-corrected chi connectivity index (χ4v) is 2.87. The van der Waals surface area contributed by atoms with Crippen molar-refractivity contribution in [2.75, 3.05) is 5.75 Å². The molecule has 0 aliphatic heterocycles. The maximum atomic E-state index is 13.0. The molecule has 0 aliphatic rings. The summed E-state index contributed by atoms with van der Waals surface area (Å²) in [5.74, 6) is 0.689. The fraction of sp³-hybridized carbons (Fsp3) is 0.533. The minimum absolute atomic E-state index is 0.201. The van der Waals surface area contributed by atoms with Gasteiger partial charge >= 0.3 is 0 Å². The summed E-state index contributed by atoms with van der Waals surface area (Å²) in [6.07, 6.45) is 1.72. The molecule has 1 aromatic rings. The van der Waals surface area contributed by atoms with Gasteiger partial charge in [0.2, 0.25) is 0 Å². The van der Waals surface area contributed by atoms with Crippen molar-refractivity contribution in [3.8, 4) is 6.07 Å². The molecule has 0 aliphatic carbocycles. The summed E-state index contributed by atoms with van der Waals surface area (Å²) in [5.41, 5.74) is -0.476. The minimum atomic E-state index is -0.476. The van der Waals surface area contributed by atoms with Gasteiger partial charge in [0, 0.05) is 10.9 Å². The molecule has 0 bridgehead atoms. The number of hydrogen-bond acceptors (Lipinski definition) is 3. The van der Waals surface area contributed by atoms with Crippen molar-refractivity contribution in [2.24, 2.45) is 0 Å². The van der Waals surface area contributed by atoms with Crippen LogP contribution in [-0.2, 0) is 0 Å². The number of benzene rings is 1. The minimum Gasteiger partial charge on any atom is -0.297 e. The summed E-state index contributed by atoms with van der Waals surface area (Å²) < 4.78 is 13.0. The lowest BCUT2D eigenvalue weighted by molar-refractivity contribution is 0.380. The second-order valence-corrected chi connectivity index (χ2v) is 6.32. The Morgan fingerprint density at radius 2 is 2.21 bits per heavy atom. The highest BCUT2D eigenvalue weighted by atomic mass is 32.2. The predicted molar refractivity (Wildman–Crippen MR) is 78.6 cm³/mol. The van der Waals surface area contributed by atoms with Crippen LogP contribution in [0.15, 0.2) is 29.2 Å². The lowest BCUT2D eigenvalue weighted by atomic mass is 9.97. The van der Waals surface area contributed by atoms with Gasteiger partial charge in [-0.2, -0.15) is 5.26 Å². The first-order chi connectivity index (χ1) is 8.95. The van der Waals surface area contributed by atoms with Crippen LogP contribution in [0.5, 0.6) is 0 Å². The zero-order chi connectivity index (χ0) is 14.3. The molecule has 1 N–H and O–H groups in total. The molecular weight excluding hydrogens is 259 g/mol. The monoisotopic (exact) mass is 280 g/mol. The molecule has 1 aromatic carbocycles. The van der Waals surface area contributed by atoms with E-state index < -0.39 is 5.54 Å². The summed E-state index contributed by atoms with van der Waals surface area (Å²) in [6.45, 7) is 6.01. The molecular formula is C15H21FN2S. The number of nitriles is 1. The molecule has 0 saturated heterocycles. The van der Waals surface area contributed by atoms with Crippen molar-refractivity contribution in [3.05, 3.63) is 30.1 Å². The van der Waals surface area contributed by atoms with Gasteiger partial charge in [-0.3, -0.25) is 5.32 Å². The third kappa shape index (κ3) is 6.09. The van der Waals surface area contributed by atoms with Gasteiger partial charge in [0.1, 0.15) is 11.4 Å². The van der Waals surface area contributed by atoms with Gasteiger partial charge in [-0.15, -0.1) is 11.8 Å². The van der Waals surface area contributed by atoms with Crippen LogP contribution in [0.25, 0.3) is 0 Å². The third-order valence-electron chi connectivity index (χ3n) is 2.74. The van der Waals surface area contributed by atoms with Crippen molar-refractivity contribution >= 4 is 11.8 Å². The quantitative estimate of drug-likeness (QED) is 0.606. The average Bonchev–Trinajstić information content (AvgIpc) is 2.34. The van der Waals surface area contributed by atoms with E-state index in [-0.39, 0.29) is 5.82 Å². The van der Waals surface area contributed by atoms with Crippen molar-refractivity contribution in [3.63, 3.8) is 0 Å². The lowest BCUT2D eigenvalue weighted by Crippen LogP contribution is -2.44. The molecule has 1 rings (SSSR count). The SMILES string of the molecule is CC(C)NC(C)(C#N)CCCSc1cccc(F)c1. The normalized spacial score (nSPS) is 14.1. The largest absolute Gasteiger partial charge is 0.297 e. The maximum Gasteiger partial charge on any atom is 0.124 e. The standard InChI is InChI=1S/C15H21FN2S/c1-12(2)18-15(3,11-17)8-5-9-19-14-7-4-6-13(16)10-14/h4,6-7,10,12,18H,5,8-9H2,1-3H3. The van der Waals surface area contributed by atoms with E-state index in [0.29, 0.717) is 6.04 Å². The van der Waals surface area contributed by atoms with Crippen molar-refractivity contribution in [2.45, 2.75) is 50.1 Å². The Morgan fingerprint density at radius 1 is 1.47 bits per heavy atom. The summed E-state index contributed by atoms with van der Waals surface area (Å²) in [6, 6.07) is 9.25. The van der Waals surface area contributed by atoms with Gasteiger partial charge in [-0.1, -0.05) is 6.07 Å². The Labute approximate surface area is 119 Å². The first-order valence-electron chi connectivity index (χ1n) is 6.52. The summed E-state index contributed by atoms with van der Waals surface area (Å²) >= 11 is 1.63. The van der Waals surface area contributed by atoms with E-state index in [1.54, 1.807) is 23.9 Å². The molecule has 0 fully saturated rings. The zero-order valence-corrected chi connectivity index (χ0v) is 12.6. The highest BCUT2D eigenvalue weighted by Gasteiger charge is 2.23. The van der Waals surface area contributed by atoms with Crippen LogP contribution >= 0.6 is 11.8 Å². The Bertz CT molecular complexity index is 442. The van der Waals surface area contributed by atoms with E-state index in [4.69, 9.17) is 0 Å². The molecule has 0 amide bonds. The molecule has 104 valence electrons. The second-order valence-electron chi connectivity index (χ2n) is 5.15. The van der Waals surface area contributed by atoms with Crippen LogP contribution in [0.3, 0.4) is 0 Å². The summed E-state index contributed by atoms with van der Waals surface area (Å²) in [5, 5.41) is 12.5. The van der Waals surface area contributed by atoms with Gasteiger partial charge in [0.15, 0.2) is 0 Å². The Hall–Kier alpha value is -1.05. The first kappa shape index (κ1) is 16.0. The molecule has 0 spiro atoms. The summed E-state index contributed by atoms with van der Waals surface area (Å²) in [4.78, 5) is 0.940. The van der Waals surface area contributed by atoms with E-state index in [2.05, 4.69) is 11.4 Å². The summed E-state index contributed by atoms with van der Waals surface area (Å²) in [7, 11) is 0. The zero-order valence-electron chi connectivity index (χ0n) is 11.7. The number of nitrogens with zero attached hydrogens (tertiary/aromatic N) is 1. The van der Waals surface area contributed by atoms with E-state index >= 15 is 0 Å². The highest BCUT2D eigenvalue weighted by molar-refractivity contribution is 7.99.